The Morgan fingerprint density at radius 2 is 1.89 bits per heavy atom. The standard InChI is InChI=1S/C20H25N5O3S.C6H14O/c1-22-12-14-11-18-15(23-14)3-4-16(24-18)17-9-13(10-19(21)25-17)20(29(2,26)27)5-7-28-8-6-20;1-3-5-6-7-4-2/h3-4,9-11,22-23H,5-8,12H2,1-2H3,(H2,21,25);3-6H2,1-2H3. The maximum atomic E-state index is 12.8. The molecule has 1 aliphatic rings. The van der Waals surface area contributed by atoms with E-state index in [1.165, 1.54) is 19.1 Å². The summed E-state index contributed by atoms with van der Waals surface area (Å²) < 4.78 is 35.0. The molecule has 3 aromatic rings. The summed E-state index contributed by atoms with van der Waals surface area (Å²) in [5.41, 5.74) is 10.7. The number of nitrogens with two attached hydrogens (primary N) is 1. The molecule has 0 atom stereocenters. The molecule has 0 radical (unpaired) electrons. The van der Waals surface area contributed by atoms with Gasteiger partial charge in [-0.25, -0.2) is 18.4 Å². The van der Waals surface area contributed by atoms with Gasteiger partial charge in [0.05, 0.1) is 22.4 Å². The molecule has 1 saturated heterocycles. The summed E-state index contributed by atoms with van der Waals surface area (Å²) in [5.74, 6) is 0.277. The Hall–Kier alpha value is -2.53. The average molecular weight is 518 g/mol. The van der Waals surface area contributed by atoms with Crippen LogP contribution in [0.2, 0.25) is 0 Å². The van der Waals surface area contributed by atoms with Crippen molar-refractivity contribution in [2.75, 3.05) is 45.5 Å². The highest BCUT2D eigenvalue weighted by Gasteiger charge is 2.44. The fourth-order valence-corrected chi connectivity index (χ4v) is 5.86. The van der Waals surface area contributed by atoms with Crippen LogP contribution in [-0.4, -0.2) is 63.1 Å². The number of aromatic nitrogens is 3. The van der Waals surface area contributed by atoms with Gasteiger partial charge in [-0.15, -0.1) is 0 Å². The van der Waals surface area contributed by atoms with E-state index < -0.39 is 14.6 Å². The van der Waals surface area contributed by atoms with Crippen molar-refractivity contribution in [3.63, 3.8) is 0 Å². The second kappa shape index (κ2) is 12.6. The average Bonchev–Trinajstić information content (AvgIpc) is 3.26. The van der Waals surface area contributed by atoms with E-state index in [0.717, 1.165) is 29.9 Å². The maximum Gasteiger partial charge on any atom is 0.157 e. The first-order chi connectivity index (χ1) is 17.2. The van der Waals surface area contributed by atoms with Gasteiger partial charge in [0.25, 0.3) is 0 Å². The molecule has 0 aliphatic carbocycles. The Labute approximate surface area is 214 Å². The van der Waals surface area contributed by atoms with Gasteiger partial charge < -0.3 is 25.5 Å². The van der Waals surface area contributed by atoms with Crippen molar-refractivity contribution in [2.45, 2.75) is 50.8 Å². The Balaban J connectivity index is 0.000000454. The minimum atomic E-state index is -3.39. The van der Waals surface area contributed by atoms with Crippen LogP contribution in [0.25, 0.3) is 22.4 Å². The SMILES string of the molecule is CCCCOCC.CNCc1cc2nc(-c3cc(C4(S(C)(=O)=O)CCOCC4)cc(N)n3)ccc2[nH]1. The monoisotopic (exact) mass is 517 g/mol. The number of fused-ring (bicyclic) bond motifs is 1. The number of nitrogens with zero attached hydrogens (tertiary/aromatic N) is 2. The summed E-state index contributed by atoms with van der Waals surface area (Å²) in [5, 5.41) is 3.11. The van der Waals surface area contributed by atoms with Crippen LogP contribution < -0.4 is 11.1 Å². The van der Waals surface area contributed by atoms with Gasteiger partial charge in [0.2, 0.25) is 0 Å². The van der Waals surface area contributed by atoms with Crippen molar-refractivity contribution in [3.8, 4) is 11.4 Å². The molecule has 9 nitrogen and oxygen atoms in total. The van der Waals surface area contributed by atoms with Crippen LogP contribution in [0.4, 0.5) is 5.82 Å². The Bertz CT molecular complexity index is 1230. The van der Waals surface area contributed by atoms with Gasteiger partial charge in [0, 0.05) is 44.9 Å². The van der Waals surface area contributed by atoms with E-state index in [4.69, 9.17) is 20.2 Å². The predicted molar refractivity (Wildman–Crippen MR) is 144 cm³/mol. The third-order valence-electron chi connectivity index (χ3n) is 6.39. The molecule has 1 aliphatic heterocycles. The van der Waals surface area contributed by atoms with Crippen molar-refractivity contribution >= 4 is 26.7 Å². The number of pyridine rings is 2. The number of nitrogens with one attached hydrogen (secondary N) is 2. The van der Waals surface area contributed by atoms with Gasteiger partial charge in [0.15, 0.2) is 9.84 Å². The van der Waals surface area contributed by atoms with E-state index in [-0.39, 0.29) is 5.82 Å². The zero-order valence-corrected chi connectivity index (χ0v) is 22.6. The van der Waals surface area contributed by atoms with Crippen molar-refractivity contribution in [3.05, 3.63) is 41.6 Å². The fourth-order valence-electron chi connectivity index (χ4n) is 4.40. The number of hydrogen-bond acceptors (Lipinski definition) is 8. The predicted octanol–water partition coefficient (Wildman–Crippen LogP) is 3.80. The molecule has 10 heteroatoms. The number of aromatic amines is 1. The molecule has 0 aromatic carbocycles. The van der Waals surface area contributed by atoms with Crippen molar-refractivity contribution < 1.29 is 17.9 Å². The van der Waals surface area contributed by atoms with Crippen molar-refractivity contribution in [2.24, 2.45) is 0 Å². The molecule has 0 bridgehead atoms. The third-order valence-corrected chi connectivity index (χ3v) is 8.45. The van der Waals surface area contributed by atoms with Crippen molar-refractivity contribution in [1.29, 1.82) is 0 Å². The van der Waals surface area contributed by atoms with E-state index in [1.807, 2.05) is 32.2 Å². The zero-order chi connectivity index (χ0) is 26.2. The van der Waals surface area contributed by atoms with Crippen LogP contribution >= 0.6 is 0 Å². The van der Waals surface area contributed by atoms with E-state index in [9.17, 15) is 8.42 Å². The lowest BCUT2D eigenvalue weighted by atomic mass is 9.90. The van der Waals surface area contributed by atoms with Gasteiger partial charge in [-0.05, 0) is 69.1 Å². The molecule has 0 unspecified atom stereocenters. The highest BCUT2D eigenvalue weighted by Crippen LogP contribution is 2.41. The highest BCUT2D eigenvalue weighted by atomic mass is 32.2. The van der Waals surface area contributed by atoms with Crippen LogP contribution in [0, 0.1) is 0 Å². The lowest BCUT2D eigenvalue weighted by Crippen LogP contribution is -2.40. The number of rotatable bonds is 9. The molecular formula is C26H39N5O4S. The molecular weight excluding hydrogens is 478 g/mol. The lowest BCUT2D eigenvalue weighted by Gasteiger charge is -2.36. The number of nitrogen functional groups attached to an aromatic ring is 1. The Morgan fingerprint density at radius 3 is 2.53 bits per heavy atom. The third kappa shape index (κ3) is 6.61. The van der Waals surface area contributed by atoms with Crippen LogP contribution in [0.5, 0.6) is 0 Å². The highest BCUT2D eigenvalue weighted by molar-refractivity contribution is 7.91. The largest absolute Gasteiger partial charge is 0.384 e. The zero-order valence-electron chi connectivity index (χ0n) is 21.8. The topological polar surface area (TPSA) is 132 Å². The van der Waals surface area contributed by atoms with Gasteiger partial charge in [0.1, 0.15) is 10.6 Å². The summed E-state index contributed by atoms with van der Waals surface area (Å²) in [7, 11) is -1.50. The second-order valence-corrected chi connectivity index (χ2v) is 11.4. The summed E-state index contributed by atoms with van der Waals surface area (Å²) in [6.07, 6.45) is 4.51. The smallest absolute Gasteiger partial charge is 0.157 e. The van der Waals surface area contributed by atoms with Gasteiger partial charge in [-0.2, -0.15) is 0 Å². The molecule has 0 amide bonds. The molecule has 1 fully saturated rings. The number of hydrogen-bond donors (Lipinski definition) is 3. The summed E-state index contributed by atoms with van der Waals surface area (Å²) >= 11 is 0. The second-order valence-electron chi connectivity index (χ2n) is 9.05. The molecule has 4 rings (SSSR count). The Kier molecular flexibility index (Phi) is 9.84. The van der Waals surface area contributed by atoms with E-state index in [2.05, 4.69) is 22.2 Å². The number of sulfone groups is 1. The molecule has 0 spiro atoms. The molecule has 36 heavy (non-hydrogen) atoms. The first-order valence-electron chi connectivity index (χ1n) is 12.5. The number of H-pyrrole nitrogens is 1. The minimum Gasteiger partial charge on any atom is -0.384 e. The summed E-state index contributed by atoms with van der Waals surface area (Å²) in [6.45, 7) is 7.49. The van der Waals surface area contributed by atoms with Crippen LogP contribution in [0.1, 0.15) is 50.8 Å². The molecule has 0 saturated carbocycles. The first-order valence-corrected chi connectivity index (χ1v) is 14.4. The van der Waals surface area contributed by atoms with Crippen LogP contribution in [-0.2, 0) is 30.6 Å². The number of unbranched alkanes of at least 4 members (excludes halogenated alkanes) is 1. The maximum absolute atomic E-state index is 12.8. The Morgan fingerprint density at radius 1 is 1.14 bits per heavy atom. The van der Waals surface area contributed by atoms with E-state index in [1.54, 1.807) is 12.1 Å². The fraction of sp³-hybridized carbons (Fsp3) is 0.538. The van der Waals surface area contributed by atoms with Crippen LogP contribution in [0.15, 0.2) is 30.3 Å². The molecule has 4 heterocycles. The van der Waals surface area contributed by atoms with E-state index >= 15 is 0 Å². The minimum absolute atomic E-state index is 0.277. The lowest BCUT2D eigenvalue weighted by molar-refractivity contribution is 0.0742. The van der Waals surface area contributed by atoms with E-state index in [0.29, 0.717) is 49.6 Å². The first kappa shape index (κ1) is 28.0. The molecule has 198 valence electrons. The number of anilines is 1. The quantitative estimate of drug-likeness (QED) is 0.365. The summed E-state index contributed by atoms with van der Waals surface area (Å²) in [4.78, 5) is 12.5. The van der Waals surface area contributed by atoms with Gasteiger partial charge in [-0.1, -0.05) is 13.3 Å². The van der Waals surface area contributed by atoms with Gasteiger partial charge in [-0.3, -0.25) is 0 Å². The number of ether oxygens (including phenoxy) is 2. The van der Waals surface area contributed by atoms with Crippen molar-refractivity contribution in [1.82, 2.24) is 20.3 Å². The van der Waals surface area contributed by atoms with Gasteiger partial charge >= 0.3 is 0 Å². The molecule has 4 N–H and O–H groups in total. The molecule has 3 aromatic heterocycles. The summed E-state index contributed by atoms with van der Waals surface area (Å²) in [6, 6.07) is 9.26. The van der Waals surface area contributed by atoms with Crippen LogP contribution in [0.3, 0.4) is 0 Å². The normalized spacial score (nSPS) is 15.4.